The van der Waals surface area contributed by atoms with Crippen LogP contribution in [-0.2, 0) is 6.54 Å². The molecule has 0 radical (unpaired) electrons. The highest BCUT2D eigenvalue weighted by atomic mass is 127. The number of hydrogen-bond acceptors (Lipinski definition) is 3. The number of para-hydroxylation sites is 2. The normalized spacial score (nSPS) is 14.9. The van der Waals surface area contributed by atoms with E-state index in [2.05, 4.69) is 10.3 Å². The third kappa shape index (κ3) is 6.61. The van der Waals surface area contributed by atoms with Gasteiger partial charge in [0.15, 0.2) is 5.96 Å². The fraction of sp³-hybridized carbons (Fsp3) is 0.381. The van der Waals surface area contributed by atoms with Crippen LogP contribution in [0.25, 0.3) is 0 Å². The van der Waals surface area contributed by atoms with E-state index in [0.29, 0.717) is 18.6 Å². The Morgan fingerprint density at radius 1 is 1.07 bits per heavy atom. The van der Waals surface area contributed by atoms with E-state index in [-0.39, 0.29) is 24.0 Å². The van der Waals surface area contributed by atoms with Gasteiger partial charge in [0, 0.05) is 0 Å². The first-order chi connectivity index (χ1) is 12.7. The molecule has 5 nitrogen and oxygen atoms in total. The molecule has 146 valence electrons. The summed E-state index contributed by atoms with van der Waals surface area (Å²) in [5.74, 6) is 2.02. The maximum Gasteiger partial charge on any atom is 0.193 e. The minimum Gasteiger partial charge on any atom is -0.495 e. The molecule has 27 heavy (non-hydrogen) atoms. The van der Waals surface area contributed by atoms with Crippen LogP contribution in [0.4, 0.5) is 5.69 Å². The predicted octanol–water partition coefficient (Wildman–Crippen LogP) is 4.95. The molecule has 0 atom stereocenters. The number of nitrogens with one attached hydrogen (secondary N) is 1. The summed E-state index contributed by atoms with van der Waals surface area (Å²) in [5, 5.41) is 3.08. The van der Waals surface area contributed by atoms with Gasteiger partial charge in [-0.1, -0.05) is 30.7 Å². The van der Waals surface area contributed by atoms with Crippen molar-refractivity contribution in [1.82, 2.24) is 0 Å². The Balaban J connectivity index is 0.00000261. The second-order valence-electron chi connectivity index (χ2n) is 6.55. The van der Waals surface area contributed by atoms with Crippen molar-refractivity contribution >= 4 is 35.6 Å². The van der Waals surface area contributed by atoms with E-state index in [1.807, 2.05) is 48.5 Å². The number of hydrogen-bond donors (Lipinski definition) is 2. The van der Waals surface area contributed by atoms with Crippen LogP contribution in [-0.4, -0.2) is 19.2 Å². The molecule has 0 bridgehead atoms. The monoisotopic (exact) mass is 481 g/mol. The van der Waals surface area contributed by atoms with Crippen molar-refractivity contribution in [3.63, 3.8) is 0 Å². The number of aliphatic imine (C=N–C) groups is 1. The topological polar surface area (TPSA) is 68.9 Å². The van der Waals surface area contributed by atoms with Gasteiger partial charge in [0.25, 0.3) is 0 Å². The molecule has 1 saturated carbocycles. The second-order valence-corrected chi connectivity index (χ2v) is 6.55. The Kier molecular flexibility index (Phi) is 8.71. The molecule has 0 aromatic heterocycles. The van der Waals surface area contributed by atoms with Gasteiger partial charge in [-0.3, -0.25) is 0 Å². The summed E-state index contributed by atoms with van der Waals surface area (Å²) >= 11 is 0. The smallest absolute Gasteiger partial charge is 0.193 e. The Morgan fingerprint density at radius 2 is 1.78 bits per heavy atom. The third-order valence-electron chi connectivity index (χ3n) is 4.58. The van der Waals surface area contributed by atoms with Crippen LogP contribution in [0, 0.1) is 0 Å². The number of anilines is 1. The van der Waals surface area contributed by atoms with Gasteiger partial charge in [0.1, 0.15) is 11.5 Å². The number of nitrogens with zero attached hydrogens (tertiary/aromatic N) is 1. The molecule has 0 aliphatic heterocycles. The van der Waals surface area contributed by atoms with Gasteiger partial charge in [0.05, 0.1) is 25.4 Å². The fourth-order valence-corrected chi connectivity index (χ4v) is 3.15. The number of halogens is 1. The summed E-state index contributed by atoms with van der Waals surface area (Å²) in [6, 6.07) is 15.7. The Bertz CT molecular complexity index is 728. The first kappa shape index (κ1) is 21.3. The zero-order valence-corrected chi connectivity index (χ0v) is 18.0. The number of guanidine groups is 1. The molecular weight excluding hydrogens is 453 g/mol. The first-order valence-electron chi connectivity index (χ1n) is 9.20. The van der Waals surface area contributed by atoms with Crippen LogP contribution < -0.4 is 20.5 Å². The maximum atomic E-state index is 6.05. The lowest BCUT2D eigenvalue weighted by Crippen LogP contribution is -2.22. The van der Waals surface area contributed by atoms with E-state index in [9.17, 15) is 0 Å². The van der Waals surface area contributed by atoms with E-state index in [0.717, 1.165) is 35.6 Å². The van der Waals surface area contributed by atoms with Crippen molar-refractivity contribution in [3.05, 3.63) is 54.1 Å². The number of nitrogens with two attached hydrogens (primary N) is 1. The molecule has 0 heterocycles. The standard InChI is InChI=1S/C21H27N3O2.HI/c1-25-20-10-6-5-9-19(20)24-21(22)23-15-16-11-13-18(14-12-16)26-17-7-3-2-4-8-17;/h5-6,9-14,17H,2-4,7-8,15H2,1H3,(H3,22,23,24);1H. The predicted molar refractivity (Wildman–Crippen MR) is 121 cm³/mol. The molecule has 1 fully saturated rings. The second kappa shape index (κ2) is 11.0. The molecule has 3 N–H and O–H groups in total. The minimum absolute atomic E-state index is 0. The van der Waals surface area contributed by atoms with Crippen molar-refractivity contribution in [2.75, 3.05) is 12.4 Å². The maximum absolute atomic E-state index is 6.05. The van der Waals surface area contributed by atoms with Gasteiger partial charge in [-0.2, -0.15) is 0 Å². The zero-order valence-electron chi connectivity index (χ0n) is 15.7. The minimum atomic E-state index is 0. The number of ether oxygens (including phenoxy) is 2. The first-order valence-corrected chi connectivity index (χ1v) is 9.20. The zero-order chi connectivity index (χ0) is 18.2. The Morgan fingerprint density at radius 3 is 2.48 bits per heavy atom. The van der Waals surface area contributed by atoms with Crippen LogP contribution in [0.15, 0.2) is 53.5 Å². The van der Waals surface area contributed by atoms with E-state index in [4.69, 9.17) is 15.2 Å². The highest BCUT2D eigenvalue weighted by Crippen LogP contribution is 2.24. The van der Waals surface area contributed by atoms with E-state index in [1.165, 1.54) is 19.3 Å². The van der Waals surface area contributed by atoms with Crippen molar-refractivity contribution in [1.29, 1.82) is 0 Å². The number of methoxy groups -OCH3 is 1. The molecule has 6 heteroatoms. The summed E-state index contributed by atoms with van der Waals surface area (Å²) in [4.78, 5) is 4.40. The molecular formula is C21H28IN3O2. The molecule has 0 unspecified atom stereocenters. The number of rotatable bonds is 6. The highest BCUT2D eigenvalue weighted by molar-refractivity contribution is 14.0. The van der Waals surface area contributed by atoms with Crippen molar-refractivity contribution < 1.29 is 9.47 Å². The molecule has 3 rings (SSSR count). The van der Waals surface area contributed by atoms with Gasteiger partial charge in [-0.05, 0) is 55.5 Å². The quantitative estimate of drug-likeness (QED) is 0.348. The molecule has 1 aliphatic carbocycles. The average molecular weight is 481 g/mol. The van der Waals surface area contributed by atoms with E-state index in [1.54, 1.807) is 7.11 Å². The van der Waals surface area contributed by atoms with Crippen LogP contribution in [0.2, 0.25) is 0 Å². The Labute approximate surface area is 178 Å². The van der Waals surface area contributed by atoms with E-state index < -0.39 is 0 Å². The van der Waals surface area contributed by atoms with Crippen LogP contribution in [0.1, 0.15) is 37.7 Å². The molecule has 2 aromatic rings. The summed E-state index contributed by atoms with van der Waals surface area (Å²) in [6.45, 7) is 0.512. The average Bonchev–Trinajstić information content (AvgIpc) is 2.69. The Hall–Kier alpha value is -1.96. The van der Waals surface area contributed by atoms with E-state index >= 15 is 0 Å². The van der Waals surface area contributed by atoms with Crippen LogP contribution in [0.5, 0.6) is 11.5 Å². The molecule has 0 spiro atoms. The van der Waals surface area contributed by atoms with Gasteiger partial charge >= 0.3 is 0 Å². The SMILES string of the molecule is COc1ccccc1NC(N)=NCc1ccc(OC2CCCCC2)cc1.I. The molecule has 0 saturated heterocycles. The molecule has 0 amide bonds. The highest BCUT2D eigenvalue weighted by Gasteiger charge is 2.14. The summed E-state index contributed by atoms with van der Waals surface area (Å²) in [7, 11) is 1.63. The summed E-state index contributed by atoms with van der Waals surface area (Å²) < 4.78 is 11.4. The van der Waals surface area contributed by atoms with Crippen molar-refractivity contribution in [2.45, 2.75) is 44.8 Å². The van der Waals surface area contributed by atoms with Crippen molar-refractivity contribution in [2.24, 2.45) is 10.7 Å². The molecule has 1 aliphatic rings. The van der Waals surface area contributed by atoms with Crippen molar-refractivity contribution in [3.8, 4) is 11.5 Å². The van der Waals surface area contributed by atoms with Crippen LogP contribution >= 0.6 is 24.0 Å². The number of benzene rings is 2. The summed E-state index contributed by atoms with van der Waals surface area (Å²) in [5.41, 5.74) is 7.88. The third-order valence-corrected chi connectivity index (χ3v) is 4.58. The lowest BCUT2D eigenvalue weighted by atomic mass is 9.98. The van der Waals surface area contributed by atoms with Crippen LogP contribution in [0.3, 0.4) is 0 Å². The van der Waals surface area contributed by atoms with Gasteiger partial charge in [-0.15, -0.1) is 24.0 Å². The summed E-state index contributed by atoms with van der Waals surface area (Å²) in [6.07, 6.45) is 6.58. The molecule has 2 aromatic carbocycles. The van der Waals surface area contributed by atoms with Gasteiger partial charge in [0.2, 0.25) is 0 Å². The van der Waals surface area contributed by atoms with Gasteiger partial charge in [-0.25, -0.2) is 4.99 Å². The lowest BCUT2D eigenvalue weighted by molar-refractivity contribution is 0.155. The largest absolute Gasteiger partial charge is 0.495 e. The fourth-order valence-electron chi connectivity index (χ4n) is 3.15. The van der Waals surface area contributed by atoms with Gasteiger partial charge < -0.3 is 20.5 Å². The lowest BCUT2D eigenvalue weighted by Gasteiger charge is -2.23.